The van der Waals surface area contributed by atoms with Crippen LogP contribution in [0.1, 0.15) is 12.5 Å². The standard InChI is InChI=1S/C12H18N2O2/c1-2-14(10-12(15)13-16)9-8-11-6-4-3-5-7-11/h3-7,16H,2,8-10H2,1H3,(H,13,15). The number of carbonyl (C=O) groups excluding carboxylic acids is 1. The molecule has 1 aromatic carbocycles. The van der Waals surface area contributed by atoms with Gasteiger partial charge in [-0.1, -0.05) is 37.3 Å². The van der Waals surface area contributed by atoms with Gasteiger partial charge in [-0.05, 0) is 18.5 Å². The highest BCUT2D eigenvalue weighted by Crippen LogP contribution is 2.01. The Bertz CT molecular complexity index is 314. The summed E-state index contributed by atoms with van der Waals surface area (Å²) < 4.78 is 0. The van der Waals surface area contributed by atoms with E-state index in [1.165, 1.54) is 5.56 Å². The van der Waals surface area contributed by atoms with Gasteiger partial charge in [-0.15, -0.1) is 0 Å². The molecular formula is C12H18N2O2. The first kappa shape index (κ1) is 12.7. The van der Waals surface area contributed by atoms with E-state index >= 15 is 0 Å². The second kappa shape index (κ2) is 6.98. The molecule has 0 heterocycles. The molecule has 88 valence electrons. The molecule has 0 saturated carbocycles. The molecule has 0 aliphatic rings. The summed E-state index contributed by atoms with van der Waals surface area (Å²) in [6.45, 7) is 3.84. The van der Waals surface area contributed by atoms with Gasteiger partial charge in [-0.2, -0.15) is 0 Å². The summed E-state index contributed by atoms with van der Waals surface area (Å²) in [5.74, 6) is -0.366. The molecule has 0 aliphatic carbocycles. The molecule has 0 saturated heterocycles. The summed E-state index contributed by atoms with van der Waals surface area (Å²) in [4.78, 5) is 13.0. The summed E-state index contributed by atoms with van der Waals surface area (Å²) in [5.41, 5.74) is 2.90. The monoisotopic (exact) mass is 222 g/mol. The molecule has 0 bridgehead atoms. The minimum Gasteiger partial charge on any atom is -0.294 e. The van der Waals surface area contributed by atoms with Crippen LogP contribution in [0, 0.1) is 0 Å². The smallest absolute Gasteiger partial charge is 0.257 e. The minimum absolute atomic E-state index is 0.236. The van der Waals surface area contributed by atoms with E-state index in [1.807, 2.05) is 30.0 Å². The van der Waals surface area contributed by atoms with Gasteiger partial charge in [-0.25, -0.2) is 5.48 Å². The molecule has 0 aromatic heterocycles. The van der Waals surface area contributed by atoms with Crippen molar-refractivity contribution in [2.45, 2.75) is 13.3 Å². The van der Waals surface area contributed by atoms with Crippen LogP contribution in [-0.4, -0.2) is 35.6 Å². The van der Waals surface area contributed by atoms with Crippen molar-refractivity contribution in [3.05, 3.63) is 35.9 Å². The number of hydroxylamine groups is 1. The molecule has 16 heavy (non-hydrogen) atoms. The number of amides is 1. The first-order valence-corrected chi connectivity index (χ1v) is 5.45. The van der Waals surface area contributed by atoms with Gasteiger partial charge >= 0.3 is 0 Å². The predicted octanol–water partition coefficient (Wildman–Crippen LogP) is 1.06. The van der Waals surface area contributed by atoms with Crippen LogP contribution in [0.4, 0.5) is 0 Å². The summed E-state index contributed by atoms with van der Waals surface area (Å²) in [7, 11) is 0. The third kappa shape index (κ3) is 4.42. The Hall–Kier alpha value is -1.39. The average molecular weight is 222 g/mol. The Morgan fingerprint density at radius 3 is 2.62 bits per heavy atom. The van der Waals surface area contributed by atoms with Crippen LogP contribution in [0.2, 0.25) is 0 Å². The van der Waals surface area contributed by atoms with Crippen LogP contribution in [0.15, 0.2) is 30.3 Å². The van der Waals surface area contributed by atoms with Gasteiger partial charge in [0.05, 0.1) is 6.54 Å². The fourth-order valence-electron chi connectivity index (χ4n) is 1.52. The van der Waals surface area contributed by atoms with E-state index in [-0.39, 0.29) is 12.5 Å². The van der Waals surface area contributed by atoms with Crippen molar-refractivity contribution in [1.82, 2.24) is 10.4 Å². The van der Waals surface area contributed by atoms with Crippen LogP contribution < -0.4 is 5.48 Å². The Labute approximate surface area is 95.8 Å². The Kier molecular flexibility index (Phi) is 5.53. The molecule has 0 unspecified atom stereocenters. The maximum Gasteiger partial charge on any atom is 0.257 e. The Balaban J connectivity index is 2.37. The van der Waals surface area contributed by atoms with E-state index in [9.17, 15) is 4.79 Å². The molecule has 0 radical (unpaired) electrons. The van der Waals surface area contributed by atoms with E-state index in [0.717, 1.165) is 19.5 Å². The van der Waals surface area contributed by atoms with E-state index < -0.39 is 0 Å². The number of nitrogens with one attached hydrogen (secondary N) is 1. The highest BCUT2D eigenvalue weighted by atomic mass is 16.5. The van der Waals surface area contributed by atoms with E-state index in [4.69, 9.17) is 5.21 Å². The number of carbonyl (C=O) groups is 1. The van der Waals surface area contributed by atoms with Crippen molar-refractivity contribution in [2.24, 2.45) is 0 Å². The van der Waals surface area contributed by atoms with E-state index in [1.54, 1.807) is 5.48 Å². The van der Waals surface area contributed by atoms with Crippen molar-refractivity contribution in [3.8, 4) is 0 Å². The molecule has 4 nitrogen and oxygen atoms in total. The fourth-order valence-corrected chi connectivity index (χ4v) is 1.52. The second-order valence-electron chi connectivity index (χ2n) is 3.64. The lowest BCUT2D eigenvalue weighted by Gasteiger charge is -2.18. The molecule has 0 atom stereocenters. The number of hydrogen-bond acceptors (Lipinski definition) is 3. The highest BCUT2D eigenvalue weighted by Gasteiger charge is 2.07. The SMILES string of the molecule is CCN(CCc1ccccc1)CC(=O)NO. The lowest BCUT2D eigenvalue weighted by Crippen LogP contribution is -2.36. The summed E-state index contributed by atoms with van der Waals surface area (Å²) >= 11 is 0. The first-order chi connectivity index (χ1) is 7.76. The number of benzene rings is 1. The van der Waals surface area contributed by atoms with Gasteiger partial charge < -0.3 is 0 Å². The average Bonchev–Trinajstić information content (AvgIpc) is 2.35. The number of hydrogen-bond donors (Lipinski definition) is 2. The fraction of sp³-hybridized carbons (Fsp3) is 0.417. The summed E-state index contributed by atoms with van der Waals surface area (Å²) in [6.07, 6.45) is 0.910. The highest BCUT2D eigenvalue weighted by molar-refractivity contribution is 5.76. The van der Waals surface area contributed by atoms with Crippen molar-refractivity contribution < 1.29 is 10.0 Å². The van der Waals surface area contributed by atoms with Crippen LogP contribution >= 0.6 is 0 Å². The third-order valence-corrected chi connectivity index (χ3v) is 2.50. The topological polar surface area (TPSA) is 52.6 Å². The maximum atomic E-state index is 11.0. The Morgan fingerprint density at radius 2 is 2.06 bits per heavy atom. The molecule has 0 fully saturated rings. The zero-order valence-electron chi connectivity index (χ0n) is 9.52. The van der Waals surface area contributed by atoms with E-state index in [2.05, 4.69) is 12.1 Å². The summed E-state index contributed by atoms with van der Waals surface area (Å²) in [5, 5.41) is 8.44. The lowest BCUT2D eigenvalue weighted by molar-refractivity contribution is -0.130. The van der Waals surface area contributed by atoms with Crippen molar-refractivity contribution >= 4 is 5.91 Å². The van der Waals surface area contributed by atoms with Gasteiger partial charge in [0.1, 0.15) is 0 Å². The molecule has 4 heteroatoms. The number of rotatable bonds is 6. The van der Waals surface area contributed by atoms with Gasteiger partial charge in [0.25, 0.3) is 5.91 Å². The van der Waals surface area contributed by atoms with Gasteiger partial charge in [0.2, 0.25) is 0 Å². The normalized spacial score (nSPS) is 10.4. The van der Waals surface area contributed by atoms with Crippen LogP contribution in [0.5, 0.6) is 0 Å². The minimum atomic E-state index is -0.366. The predicted molar refractivity (Wildman–Crippen MR) is 62.2 cm³/mol. The van der Waals surface area contributed by atoms with Crippen molar-refractivity contribution in [1.29, 1.82) is 0 Å². The van der Waals surface area contributed by atoms with Crippen molar-refractivity contribution in [3.63, 3.8) is 0 Å². The number of likely N-dealkylation sites (N-methyl/N-ethyl adjacent to an activating group) is 1. The van der Waals surface area contributed by atoms with Crippen LogP contribution in [-0.2, 0) is 11.2 Å². The van der Waals surface area contributed by atoms with Crippen molar-refractivity contribution in [2.75, 3.05) is 19.6 Å². The molecule has 0 aliphatic heterocycles. The second-order valence-corrected chi connectivity index (χ2v) is 3.64. The number of nitrogens with zero attached hydrogens (tertiary/aromatic N) is 1. The third-order valence-electron chi connectivity index (χ3n) is 2.50. The van der Waals surface area contributed by atoms with Crippen LogP contribution in [0.25, 0.3) is 0 Å². The largest absolute Gasteiger partial charge is 0.294 e. The van der Waals surface area contributed by atoms with Gasteiger partial charge in [0, 0.05) is 6.54 Å². The molecular weight excluding hydrogens is 204 g/mol. The molecule has 0 spiro atoms. The zero-order valence-corrected chi connectivity index (χ0v) is 9.52. The zero-order chi connectivity index (χ0) is 11.8. The first-order valence-electron chi connectivity index (χ1n) is 5.45. The Morgan fingerprint density at radius 1 is 1.38 bits per heavy atom. The molecule has 1 amide bonds. The molecule has 1 aromatic rings. The maximum absolute atomic E-state index is 11.0. The van der Waals surface area contributed by atoms with Gasteiger partial charge in [0.15, 0.2) is 0 Å². The quantitative estimate of drug-likeness (QED) is 0.559. The lowest BCUT2D eigenvalue weighted by atomic mass is 10.1. The van der Waals surface area contributed by atoms with E-state index in [0.29, 0.717) is 0 Å². The van der Waals surface area contributed by atoms with Crippen LogP contribution in [0.3, 0.4) is 0 Å². The molecule has 2 N–H and O–H groups in total. The summed E-state index contributed by atoms with van der Waals surface area (Å²) in [6, 6.07) is 10.1. The van der Waals surface area contributed by atoms with Gasteiger partial charge in [-0.3, -0.25) is 14.9 Å². The molecule has 1 rings (SSSR count).